The molecule has 1 rings (SSSR count). The Morgan fingerprint density at radius 3 is 2.65 bits per heavy atom. The first kappa shape index (κ1) is 16.9. The number of nitrogens with zero attached hydrogens (tertiary/aromatic N) is 2. The van der Waals surface area contributed by atoms with E-state index in [0.29, 0.717) is 13.0 Å². The van der Waals surface area contributed by atoms with Crippen LogP contribution < -0.4 is 5.73 Å². The van der Waals surface area contributed by atoms with Gasteiger partial charge in [0.25, 0.3) is 0 Å². The second-order valence-electron chi connectivity index (χ2n) is 4.99. The van der Waals surface area contributed by atoms with E-state index >= 15 is 0 Å². The summed E-state index contributed by atoms with van der Waals surface area (Å²) in [6, 6.07) is 0. The van der Waals surface area contributed by atoms with Gasteiger partial charge in [-0.3, -0.25) is 4.79 Å². The maximum Gasteiger partial charge on any atom is 0.325 e. The number of thioether (sulfide) groups is 1. The molecule has 0 amide bonds. The third-order valence-corrected chi connectivity index (χ3v) is 3.78. The van der Waals surface area contributed by atoms with Gasteiger partial charge in [-0.15, -0.1) is 0 Å². The Morgan fingerprint density at radius 2 is 2.05 bits per heavy atom. The number of esters is 1. The highest BCUT2D eigenvalue weighted by Gasteiger charge is 2.28. The van der Waals surface area contributed by atoms with Gasteiger partial charge in [0.05, 0.1) is 6.61 Å². The third-order valence-electron chi connectivity index (χ3n) is 2.82. The molecule has 0 aliphatic carbocycles. The van der Waals surface area contributed by atoms with Crippen molar-refractivity contribution in [3.8, 4) is 0 Å². The molecule has 1 unspecified atom stereocenters. The lowest BCUT2D eigenvalue weighted by Gasteiger charge is -2.21. The molecular formula is C14H23N3O2S. The van der Waals surface area contributed by atoms with E-state index in [-0.39, 0.29) is 5.97 Å². The predicted octanol–water partition coefficient (Wildman–Crippen LogP) is 2.33. The molecule has 6 heteroatoms. The molecule has 0 saturated heterocycles. The van der Waals surface area contributed by atoms with Gasteiger partial charge in [0, 0.05) is 18.1 Å². The molecule has 112 valence electrons. The van der Waals surface area contributed by atoms with Crippen LogP contribution in [-0.2, 0) is 9.53 Å². The maximum absolute atomic E-state index is 11.6. The highest BCUT2D eigenvalue weighted by atomic mass is 32.2. The van der Waals surface area contributed by atoms with E-state index in [1.165, 1.54) is 0 Å². The normalized spacial score (nSPS) is 13.8. The minimum absolute atomic E-state index is 0.325. The number of hydrogen-bond acceptors (Lipinski definition) is 6. The van der Waals surface area contributed by atoms with Gasteiger partial charge in [0.2, 0.25) is 0 Å². The fourth-order valence-electron chi connectivity index (χ4n) is 1.61. The Balaban J connectivity index is 2.21. The lowest BCUT2D eigenvalue weighted by Crippen LogP contribution is -2.46. The number of aromatic nitrogens is 2. The lowest BCUT2D eigenvalue weighted by molar-refractivity contribution is -0.149. The van der Waals surface area contributed by atoms with E-state index in [4.69, 9.17) is 10.5 Å². The number of nitrogens with two attached hydrogens (primary N) is 1. The fourth-order valence-corrected chi connectivity index (χ4v) is 2.40. The van der Waals surface area contributed by atoms with Gasteiger partial charge in [0.15, 0.2) is 5.16 Å². The zero-order valence-corrected chi connectivity index (χ0v) is 13.2. The molecule has 1 aromatic heterocycles. The van der Waals surface area contributed by atoms with Gasteiger partial charge in [-0.1, -0.05) is 18.2 Å². The fraction of sp³-hybridized carbons (Fsp3) is 0.643. The molecule has 1 aromatic rings. The monoisotopic (exact) mass is 297 g/mol. The van der Waals surface area contributed by atoms with Crippen molar-refractivity contribution in [2.75, 3.05) is 12.4 Å². The number of aryl methyl sites for hydroxylation is 1. The number of carbonyl (C=O) groups excluding carboxylic acids is 1. The molecule has 0 radical (unpaired) electrons. The number of hydrogen-bond donors (Lipinski definition) is 1. The van der Waals surface area contributed by atoms with Gasteiger partial charge in [-0.05, 0) is 39.2 Å². The zero-order valence-electron chi connectivity index (χ0n) is 12.4. The van der Waals surface area contributed by atoms with E-state index in [1.54, 1.807) is 25.6 Å². The Hall–Kier alpha value is -1.14. The number of carbonyl (C=O) groups is 1. The molecular weight excluding hydrogens is 274 g/mol. The van der Waals surface area contributed by atoms with Gasteiger partial charge < -0.3 is 10.5 Å². The average molecular weight is 297 g/mol. The zero-order chi connectivity index (χ0) is 15.0. The summed E-state index contributed by atoms with van der Waals surface area (Å²) < 4.78 is 4.96. The number of ether oxygens (including phenoxy) is 1. The van der Waals surface area contributed by atoms with E-state index in [2.05, 4.69) is 9.97 Å². The van der Waals surface area contributed by atoms with Crippen LogP contribution in [0.15, 0.2) is 17.6 Å². The van der Waals surface area contributed by atoms with Crippen molar-refractivity contribution >= 4 is 17.7 Å². The first-order chi connectivity index (χ1) is 9.45. The quantitative estimate of drug-likeness (QED) is 0.343. The number of rotatable bonds is 8. The second kappa shape index (κ2) is 8.21. The van der Waals surface area contributed by atoms with Crippen LogP contribution in [-0.4, -0.2) is 33.8 Å². The lowest BCUT2D eigenvalue weighted by atomic mass is 9.96. The predicted molar refractivity (Wildman–Crippen MR) is 80.6 cm³/mol. The van der Waals surface area contributed by atoms with Crippen LogP contribution in [0.4, 0.5) is 0 Å². The summed E-state index contributed by atoms with van der Waals surface area (Å²) in [6.45, 7) is 5.84. The van der Waals surface area contributed by atoms with E-state index in [9.17, 15) is 4.79 Å². The first-order valence-electron chi connectivity index (χ1n) is 6.83. The van der Waals surface area contributed by atoms with Gasteiger partial charge in [0.1, 0.15) is 5.54 Å². The average Bonchev–Trinajstić information content (AvgIpc) is 2.40. The van der Waals surface area contributed by atoms with Crippen LogP contribution in [0.3, 0.4) is 0 Å². The van der Waals surface area contributed by atoms with Crippen molar-refractivity contribution in [1.82, 2.24) is 9.97 Å². The van der Waals surface area contributed by atoms with Crippen LogP contribution in [0.25, 0.3) is 0 Å². The van der Waals surface area contributed by atoms with Crippen molar-refractivity contribution in [1.29, 1.82) is 0 Å². The summed E-state index contributed by atoms with van der Waals surface area (Å²) in [5.41, 5.74) is 6.12. The molecule has 0 spiro atoms. The number of unbranched alkanes of at least 4 members (excludes halogenated alkanes) is 1. The molecule has 20 heavy (non-hydrogen) atoms. The molecule has 0 bridgehead atoms. The van der Waals surface area contributed by atoms with Crippen LogP contribution in [0, 0.1) is 6.92 Å². The molecule has 1 heterocycles. The minimum atomic E-state index is -0.888. The van der Waals surface area contributed by atoms with Crippen molar-refractivity contribution < 1.29 is 9.53 Å². The summed E-state index contributed by atoms with van der Waals surface area (Å²) in [7, 11) is 0. The smallest absolute Gasteiger partial charge is 0.325 e. The molecule has 0 fully saturated rings. The van der Waals surface area contributed by atoms with Crippen molar-refractivity contribution in [2.24, 2.45) is 5.73 Å². The molecule has 1 atom stereocenters. The molecule has 0 aliphatic heterocycles. The molecule has 0 aromatic carbocycles. The summed E-state index contributed by atoms with van der Waals surface area (Å²) >= 11 is 1.62. The highest BCUT2D eigenvalue weighted by molar-refractivity contribution is 7.99. The Kier molecular flexibility index (Phi) is 6.95. The van der Waals surface area contributed by atoms with E-state index in [1.807, 2.05) is 19.3 Å². The summed E-state index contributed by atoms with van der Waals surface area (Å²) in [4.78, 5) is 20.1. The third kappa shape index (κ3) is 5.88. The van der Waals surface area contributed by atoms with Crippen molar-refractivity contribution in [3.63, 3.8) is 0 Å². The first-order valence-corrected chi connectivity index (χ1v) is 7.82. The highest BCUT2D eigenvalue weighted by Crippen LogP contribution is 2.17. The molecule has 0 aliphatic rings. The van der Waals surface area contributed by atoms with Crippen molar-refractivity contribution in [3.05, 3.63) is 18.0 Å². The van der Waals surface area contributed by atoms with Gasteiger partial charge in [-0.2, -0.15) is 0 Å². The van der Waals surface area contributed by atoms with Crippen LogP contribution in [0.2, 0.25) is 0 Å². The molecule has 2 N–H and O–H groups in total. The summed E-state index contributed by atoms with van der Waals surface area (Å²) in [5, 5.41) is 0.788. The Labute approximate surface area is 124 Å². The topological polar surface area (TPSA) is 78.1 Å². The SMILES string of the molecule is CCOC(=O)C(C)(N)CCCCSc1ncc(C)cn1. The van der Waals surface area contributed by atoms with Crippen LogP contribution in [0.5, 0.6) is 0 Å². The second-order valence-corrected chi connectivity index (χ2v) is 6.05. The van der Waals surface area contributed by atoms with Crippen LogP contribution >= 0.6 is 11.8 Å². The minimum Gasteiger partial charge on any atom is -0.465 e. The van der Waals surface area contributed by atoms with Gasteiger partial charge in [-0.25, -0.2) is 9.97 Å². The molecule has 0 saturated carbocycles. The molecule has 5 nitrogen and oxygen atoms in total. The van der Waals surface area contributed by atoms with Crippen LogP contribution in [0.1, 0.15) is 38.7 Å². The van der Waals surface area contributed by atoms with Crippen molar-refractivity contribution in [2.45, 2.75) is 50.7 Å². The maximum atomic E-state index is 11.6. The summed E-state index contributed by atoms with van der Waals surface area (Å²) in [6.07, 6.45) is 6.10. The Morgan fingerprint density at radius 1 is 1.40 bits per heavy atom. The largest absolute Gasteiger partial charge is 0.465 e. The Bertz CT molecular complexity index is 421. The standard InChI is InChI=1S/C14H23N3O2S/c1-4-19-12(18)14(3,15)7-5-6-8-20-13-16-9-11(2)10-17-13/h9-10H,4-8,15H2,1-3H3. The van der Waals surface area contributed by atoms with E-state index in [0.717, 1.165) is 29.3 Å². The van der Waals surface area contributed by atoms with E-state index < -0.39 is 5.54 Å². The summed E-state index contributed by atoms with van der Waals surface area (Å²) in [5.74, 6) is 0.594. The van der Waals surface area contributed by atoms with Gasteiger partial charge >= 0.3 is 5.97 Å².